The Balaban J connectivity index is 1.46. The number of fused-ring (bicyclic) bond motifs is 3. The molecule has 0 aliphatic carbocycles. The Bertz CT molecular complexity index is 1410. The van der Waals surface area contributed by atoms with Gasteiger partial charge in [-0.2, -0.15) is 0 Å². The number of cyclic esters (lactones) is 1. The van der Waals surface area contributed by atoms with Crippen LogP contribution < -0.4 is 10.1 Å². The van der Waals surface area contributed by atoms with Crippen molar-refractivity contribution in [3.63, 3.8) is 0 Å². The van der Waals surface area contributed by atoms with Crippen LogP contribution >= 0.6 is 0 Å². The molecule has 3 aromatic heterocycles. The van der Waals surface area contributed by atoms with E-state index in [4.69, 9.17) is 9.47 Å². The second-order valence-corrected chi connectivity index (χ2v) is 7.80. The molecule has 0 fully saturated rings. The normalized spacial score (nSPS) is 14.2. The highest BCUT2D eigenvalue weighted by Gasteiger charge is 2.26. The van der Waals surface area contributed by atoms with E-state index in [0.29, 0.717) is 47.1 Å². The van der Waals surface area contributed by atoms with Crippen LogP contribution in [0, 0.1) is 12.7 Å². The van der Waals surface area contributed by atoms with Gasteiger partial charge in [0.05, 0.1) is 17.8 Å². The van der Waals surface area contributed by atoms with Gasteiger partial charge in [0.15, 0.2) is 5.69 Å². The highest BCUT2D eigenvalue weighted by atomic mass is 19.1. The number of carbonyl (C=O) groups excluding carboxylic acids is 1. The van der Waals surface area contributed by atoms with Crippen LogP contribution in [0.25, 0.3) is 16.8 Å². The van der Waals surface area contributed by atoms with Crippen LogP contribution in [-0.2, 0) is 24.3 Å². The molecule has 0 spiro atoms. The van der Waals surface area contributed by atoms with E-state index in [1.807, 2.05) is 19.1 Å². The highest BCUT2D eigenvalue weighted by Crippen LogP contribution is 2.33. The molecule has 32 heavy (non-hydrogen) atoms. The van der Waals surface area contributed by atoms with Crippen LogP contribution in [0.3, 0.4) is 0 Å². The van der Waals surface area contributed by atoms with Crippen LogP contribution in [0.2, 0.25) is 0 Å². The van der Waals surface area contributed by atoms with Crippen LogP contribution in [0.1, 0.15) is 32.9 Å². The Hall–Kier alpha value is -4.01. The summed E-state index contributed by atoms with van der Waals surface area (Å²) in [5, 5.41) is 3.19. The molecule has 0 atom stereocenters. The van der Waals surface area contributed by atoms with E-state index in [0.717, 1.165) is 16.8 Å². The fourth-order valence-electron chi connectivity index (χ4n) is 4.29. The fourth-order valence-corrected chi connectivity index (χ4v) is 4.29. The van der Waals surface area contributed by atoms with Crippen molar-refractivity contribution < 1.29 is 18.7 Å². The Morgan fingerprint density at radius 2 is 2.06 bits per heavy atom. The smallest absolute Gasteiger partial charge is 0.359 e. The molecule has 2 aliphatic heterocycles. The van der Waals surface area contributed by atoms with E-state index in [1.54, 1.807) is 16.7 Å². The third kappa shape index (κ3) is 2.81. The second-order valence-electron chi connectivity index (χ2n) is 7.80. The van der Waals surface area contributed by atoms with Crippen LogP contribution in [0.15, 0.2) is 36.8 Å². The number of pyridine rings is 1. The minimum absolute atomic E-state index is 0.111. The molecular weight excluding hydrogens is 413 g/mol. The Morgan fingerprint density at radius 3 is 2.97 bits per heavy atom. The third-order valence-corrected chi connectivity index (χ3v) is 5.86. The molecule has 0 unspecified atom stereocenters. The number of ether oxygens (including phenoxy) is 2. The Labute approximate surface area is 182 Å². The number of rotatable bonds is 3. The van der Waals surface area contributed by atoms with Gasteiger partial charge in [-0.05, 0) is 25.1 Å². The molecule has 8 nitrogen and oxygen atoms in total. The molecule has 9 heteroatoms. The number of aromatic nitrogens is 4. The fraction of sp³-hybridized carbons (Fsp3) is 0.217. The van der Waals surface area contributed by atoms with E-state index < -0.39 is 5.97 Å². The molecule has 4 aromatic rings. The van der Waals surface area contributed by atoms with E-state index >= 15 is 0 Å². The Kier molecular flexibility index (Phi) is 4.11. The molecule has 0 saturated carbocycles. The molecule has 0 saturated heterocycles. The predicted molar refractivity (Wildman–Crippen MR) is 113 cm³/mol. The van der Waals surface area contributed by atoms with Gasteiger partial charge in [0.2, 0.25) is 5.95 Å². The average Bonchev–Trinajstić information content (AvgIpc) is 3.44. The van der Waals surface area contributed by atoms with E-state index in [-0.39, 0.29) is 24.7 Å². The lowest BCUT2D eigenvalue weighted by molar-refractivity contribution is 0.0468. The quantitative estimate of drug-likeness (QED) is 0.497. The number of anilines is 1. The first-order chi connectivity index (χ1) is 15.6. The maximum atomic E-state index is 14.5. The molecule has 2 aliphatic rings. The molecule has 6 rings (SSSR count). The van der Waals surface area contributed by atoms with Gasteiger partial charge in [-0.15, -0.1) is 0 Å². The number of benzene rings is 1. The first-order valence-corrected chi connectivity index (χ1v) is 10.3. The molecule has 0 amide bonds. The standard InChI is InChI=1S/C23H18FN5O3/c1-12-2-3-13-10-32-22(30)20-21-16(19(13)28-12)9-26-23(29(21)11-27-20)25-8-15-14-6-7-31-18(14)5-4-17(15)24/h2-5,9,11H,6-8,10H2,1H3,(H,25,26). The maximum absolute atomic E-state index is 14.5. The number of hydrogen-bond acceptors (Lipinski definition) is 7. The van der Waals surface area contributed by atoms with Crippen molar-refractivity contribution in [1.29, 1.82) is 0 Å². The van der Waals surface area contributed by atoms with Gasteiger partial charge in [0, 0.05) is 47.1 Å². The second kappa shape index (κ2) is 7.01. The first-order valence-electron chi connectivity index (χ1n) is 10.3. The summed E-state index contributed by atoms with van der Waals surface area (Å²) in [7, 11) is 0. The number of hydrogen-bond donors (Lipinski definition) is 1. The third-order valence-electron chi connectivity index (χ3n) is 5.86. The van der Waals surface area contributed by atoms with Crippen molar-refractivity contribution in [3.8, 4) is 17.0 Å². The number of esters is 1. The molecule has 1 N–H and O–H groups in total. The van der Waals surface area contributed by atoms with Crippen molar-refractivity contribution in [2.24, 2.45) is 0 Å². The summed E-state index contributed by atoms with van der Waals surface area (Å²) in [6, 6.07) is 6.85. The summed E-state index contributed by atoms with van der Waals surface area (Å²) in [5.74, 6) is 0.333. The minimum Gasteiger partial charge on any atom is -0.493 e. The van der Waals surface area contributed by atoms with Gasteiger partial charge >= 0.3 is 5.97 Å². The Morgan fingerprint density at radius 1 is 1.16 bits per heavy atom. The van der Waals surface area contributed by atoms with Crippen molar-refractivity contribution in [1.82, 2.24) is 19.4 Å². The monoisotopic (exact) mass is 431 g/mol. The molecule has 1 aromatic carbocycles. The number of nitrogens with zero attached hydrogens (tertiary/aromatic N) is 4. The zero-order valence-corrected chi connectivity index (χ0v) is 17.2. The molecular formula is C23H18FN5O3. The average molecular weight is 431 g/mol. The summed E-state index contributed by atoms with van der Waals surface area (Å²) in [5.41, 5.74) is 5.18. The zero-order chi connectivity index (χ0) is 21.8. The van der Waals surface area contributed by atoms with Crippen LogP contribution in [0.5, 0.6) is 5.75 Å². The summed E-state index contributed by atoms with van der Waals surface area (Å²) < 4.78 is 27.2. The number of halogens is 1. The van der Waals surface area contributed by atoms with E-state index in [9.17, 15) is 9.18 Å². The van der Waals surface area contributed by atoms with Gasteiger partial charge in [-0.1, -0.05) is 6.07 Å². The highest BCUT2D eigenvalue weighted by molar-refractivity contribution is 6.01. The SMILES string of the molecule is Cc1ccc2c(n1)-c1cnc(NCc3c(F)ccc4c3CCO4)n3cnc(c13)C(=O)OC2. The molecule has 5 heterocycles. The lowest BCUT2D eigenvalue weighted by Crippen LogP contribution is -2.13. The molecule has 160 valence electrons. The largest absolute Gasteiger partial charge is 0.493 e. The van der Waals surface area contributed by atoms with Crippen molar-refractivity contribution in [2.75, 3.05) is 11.9 Å². The lowest BCUT2D eigenvalue weighted by Gasteiger charge is -2.17. The number of imidazole rings is 1. The summed E-state index contributed by atoms with van der Waals surface area (Å²) in [4.78, 5) is 26.1. The van der Waals surface area contributed by atoms with E-state index in [2.05, 4.69) is 20.3 Å². The van der Waals surface area contributed by atoms with E-state index in [1.165, 1.54) is 12.4 Å². The van der Waals surface area contributed by atoms with Crippen LogP contribution in [-0.4, -0.2) is 31.9 Å². The van der Waals surface area contributed by atoms with Gasteiger partial charge in [0.25, 0.3) is 0 Å². The number of carbonyl (C=O) groups is 1. The predicted octanol–water partition coefficient (Wildman–Crippen LogP) is 3.46. The van der Waals surface area contributed by atoms with Gasteiger partial charge in [-0.25, -0.2) is 19.2 Å². The number of aryl methyl sites for hydroxylation is 1. The maximum Gasteiger partial charge on any atom is 0.359 e. The molecule has 0 radical (unpaired) electrons. The summed E-state index contributed by atoms with van der Waals surface area (Å²) in [6.45, 7) is 2.77. The lowest BCUT2D eigenvalue weighted by atomic mass is 10.0. The first kappa shape index (κ1) is 18.7. The van der Waals surface area contributed by atoms with Crippen LogP contribution in [0.4, 0.5) is 10.3 Å². The minimum atomic E-state index is -0.513. The van der Waals surface area contributed by atoms with Crippen molar-refractivity contribution in [2.45, 2.75) is 26.5 Å². The van der Waals surface area contributed by atoms with Crippen molar-refractivity contribution in [3.05, 3.63) is 70.7 Å². The summed E-state index contributed by atoms with van der Waals surface area (Å²) >= 11 is 0. The summed E-state index contributed by atoms with van der Waals surface area (Å²) in [6.07, 6.45) is 3.84. The van der Waals surface area contributed by atoms with Crippen molar-refractivity contribution >= 4 is 17.4 Å². The zero-order valence-electron chi connectivity index (χ0n) is 17.2. The number of nitrogens with one attached hydrogen (secondary N) is 1. The van der Waals surface area contributed by atoms with Gasteiger partial charge in [0.1, 0.15) is 24.5 Å². The molecule has 0 bridgehead atoms. The topological polar surface area (TPSA) is 90.6 Å². The van der Waals surface area contributed by atoms with Gasteiger partial charge in [-0.3, -0.25) is 9.38 Å². The van der Waals surface area contributed by atoms with Gasteiger partial charge < -0.3 is 14.8 Å².